The lowest BCUT2D eigenvalue weighted by atomic mass is 10.1. The number of hydrogen-bond acceptors (Lipinski definition) is 4. The Hall–Kier alpha value is -3.36. The molecule has 0 bridgehead atoms. The van der Waals surface area contributed by atoms with Crippen molar-refractivity contribution in [1.29, 1.82) is 0 Å². The molecular weight excluding hydrogens is 534 g/mol. The van der Waals surface area contributed by atoms with E-state index in [1.54, 1.807) is 60.7 Å². The monoisotopic (exact) mass is 569 g/mol. The molecule has 0 fully saturated rings. The molecule has 0 unspecified atom stereocenters. The van der Waals surface area contributed by atoms with Crippen molar-refractivity contribution in [1.82, 2.24) is 10.2 Å². The maximum Gasteiger partial charge on any atom is 0.264 e. The number of anilines is 1. The number of sulfonamides is 1. The smallest absolute Gasteiger partial charge is 0.264 e. The van der Waals surface area contributed by atoms with Gasteiger partial charge in [0.2, 0.25) is 11.8 Å². The molecule has 0 aliphatic carbocycles. The summed E-state index contributed by atoms with van der Waals surface area (Å²) in [5.74, 6) is -0.576. The Morgan fingerprint density at radius 3 is 2.13 bits per heavy atom. The van der Waals surface area contributed by atoms with Crippen LogP contribution in [0.5, 0.6) is 0 Å². The van der Waals surface area contributed by atoms with Crippen molar-refractivity contribution in [2.24, 2.45) is 5.92 Å². The number of nitrogens with zero attached hydrogens (tertiary/aromatic N) is 2. The zero-order chi connectivity index (χ0) is 28.6. The Kier molecular flexibility index (Phi) is 10.5. The molecule has 1 atom stereocenters. The van der Waals surface area contributed by atoms with Crippen LogP contribution in [0, 0.1) is 12.8 Å². The van der Waals surface area contributed by atoms with E-state index in [4.69, 9.17) is 11.6 Å². The van der Waals surface area contributed by atoms with E-state index in [-0.39, 0.29) is 23.3 Å². The molecule has 39 heavy (non-hydrogen) atoms. The van der Waals surface area contributed by atoms with Gasteiger partial charge in [0.1, 0.15) is 12.6 Å². The topological polar surface area (TPSA) is 86.8 Å². The second-order valence-electron chi connectivity index (χ2n) is 9.84. The Balaban J connectivity index is 2.03. The summed E-state index contributed by atoms with van der Waals surface area (Å²) < 4.78 is 28.7. The minimum absolute atomic E-state index is 0.0549. The predicted octanol–water partition coefficient (Wildman–Crippen LogP) is 5.42. The third-order valence-electron chi connectivity index (χ3n) is 6.30. The van der Waals surface area contributed by atoms with Gasteiger partial charge in [-0.2, -0.15) is 0 Å². The Morgan fingerprint density at radius 1 is 0.923 bits per heavy atom. The molecule has 0 aliphatic rings. The third-order valence-corrected chi connectivity index (χ3v) is 8.46. The van der Waals surface area contributed by atoms with Crippen LogP contribution in [-0.4, -0.2) is 44.3 Å². The van der Waals surface area contributed by atoms with Gasteiger partial charge in [-0.15, -0.1) is 0 Å². The largest absolute Gasteiger partial charge is 0.354 e. The molecule has 1 N–H and O–H groups in total. The lowest BCUT2D eigenvalue weighted by Gasteiger charge is -2.33. The number of rotatable bonds is 12. The summed E-state index contributed by atoms with van der Waals surface area (Å²) in [7, 11) is -4.10. The average Bonchev–Trinajstić information content (AvgIpc) is 2.92. The number of para-hydroxylation sites is 1. The molecule has 208 valence electrons. The van der Waals surface area contributed by atoms with Crippen LogP contribution in [0.3, 0.4) is 0 Å². The van der Waals surface area contributed by atoms with E-state index in [1.807, 2.05) is 33.8 Å². The van der Waals surface area contributed by atoms with E-state index in [1.165, 1.54) is 17.0 Å². The zero-order valence-electron chi connectivity index (χ0n) is 22.8. The molecular formula is C30H36ClN3O4S. The molecule has 0 aromatic heterocycles. The summed E-state index contributed by atoms with van der Waals surface area (Å²) in [5.41, 5.74) is 1.93. The van der Waals surface area contributed by atoms with Crippen LogP contribution < -0.4 is 9.62 Å². The highest BCUT2D eigenvalue weighted by molar-refractivity contribution is 7.92. The highest BCUT2D eigenvalue weighted by Crippen LogP contribution is 2.26. The first-order valence-corrected chi connectivity index (χ1v) is 14.8. The lowest BCUT2D eigenvalue weighted by molar-refractivity contribution is -0.140. The lowest BCUT2D eigenvalue weighted by Crippen LogP contribution is -2.52. The van der Waals surface area contributed by atoms with Gasteiger partial charge in [0.05, 0.1) is 10.6 Å². The van der Waals surface area contributed by atoms with E-state index >= 15 is 0 Å². The second kappa shape index (κ2) is 13.6. The first-order valence-electron chi connectivity index (χ1n) is 13.0. The molecule has 3 rings (SSSR count). The van der Waals surface area contributed by atoms with Crippen LogP contribution in [0.25, 0.3) is 0 Å². The number of amides is 2. The van der Waals surface area contributed by atoms with Crippen LogP contribution in [0.1, 0.15) is 38.3 Å². The normalized spacial score (nSPS) is 12.2. The Labute approximate surface area is 236 Å². The maximum atomic E-state index is 14.0. The molecule has 0 heterocycles. The van der Waals surface area contributed by atoms with Gasteiger partial charge in [-0.05, 0) is 55.2 Å². The fraction of sp³-hybridized carbons (Fsp3) is 0.333. The maximum absolute atomic E-state index is 14.0. The van der Waals surface area contributed by atoms with E-state index in [2.05, 4.69) is 5.32 Å². The summed E-state index contributed by atoms with van der Waals surface area (Å²) in [6.07, 6.45) is 0.343. The molecule has 7 nitrogen and oxygen atoms in total. The van der Waals surface area contributed by atoms with Crippen molar-refractivity contribution < 1.29 is 18.0 Å². The van der Waals surface area contributed by atoms with Crippen molar-refractivity contribution in [2.75, 3.05) is 17.4 Å². The van der Waals surface area contributed by atoms with Crippen molar-refractivity contribution in [3.63, 3.8) is 0 Å². The molecule has 3 aromatic carbocycles. The van der Waals surface area contributed by atoms with Crippen LogP contribution in [0.15, 0.2) is 83.8 Å². The van der Waals surface area contributed by atoms with Crippen molar-refractivity contribution in [3.8, 4) is 0 Å². The van der Waals surface area contributed by atoms with Crippen LogP contribution in [0.2, 0.25) is 5.02 Å². The quantitative estimate of drug-likeness (QED) is 0.315. The minimum atomic E-state index is -4.10. The predicted molar refractivity (Wildman–Crippen MR) is 156 cm³/mol. The zero-order valence-corrected chi connectivity index (χ0v) is 24.4. The van der Waals surface area contributed by atoms with Gasteiger partial charge in [0.25, 0.3) is 10.0 Å². The first kappa shape index (κ1) is 30.2. The summed E-state index contributed by atoms with van der Waals surface area (Å²) in [4.78, 5) is 28.8. The fourth-order valence-electron chi connectivity index (χ4n) is 4.11. The highest BCUT2D eigenvalue weighted by Gasteiger charge is 2.33. The van der Waals surface area contributed by atoms with Gasteiger partial charge in [0, 0.05) is 18.1 Å². The molecule has 3 aromatic rings. The number of aryl methyl sites for hydroxylation is 1. The fourth-order valence-corrected chi connectivity index (χ4v) is 5.72. The summed E-state index contributed by atoms with van der Waals surface area (Å²) in [5, 5.41) is 3.38. The molecule has 0 radical (unpaired) electrons. The summed E-state index contributed by atoms with van der Waals surface area (Å²) in [6, 6.07) is 21.3. The summed E-state index contributed by atoms with van der Waals surface area (Å²) in [6.45, 7) is 7.70. The number of carbonyl (C=O) groups excluding carboxylic acids is 2. The molecule has 0 saturated carbocycles. The minimum Gasteiger partial charge on any atom is -0.354 e. The number of hydrogen-bond donors (Lipinski definition) is 1. The number of halogens is 1. The first-order chi connectivity index (χ1) is 18.5. The van der Waals surface area contributed by atoms with Crippen molar-refractivity contribution in [3.05, 3.63) is 95.0 Å². The number of carbonyl (C=O) groups is 2. The van der Waals surface area contributed by atoms with Gasteiger partial charge in [-0.1, -0.05) is 86.5 Å². The van der Waals surface area contributed by atoms with Crippen LogP contribution in [0.4, 0.5) is 5.69 Å². The summed E-state index contributed by atoms with van der Waals surface area (Å²) >= 11 is 6.43. The molecule has 2 amide bonds. The van der Waals surface area contributed by atoms with E-state index < -0.39 is 28.5 Å². The van der Waals surface area contributed by atoms with Gasteiger partial charge in [-0.25, -0.2) is 8.42 Å². The number of benzene rings is 3. The van der Waals surface area contributed by atoms with Crippen molar-refractivity contribution in [2.45, 2.75) is 51.6 Å². The second-order valence-corrected chi connectivity index (χ2v) is 12.1. The van der Waals surface area contributed by atoms with Gasteiger partial charge in [-0.3, -0.25) is 13.9 Å². The molecule has 0 aliphatic heterocycles. The molecule has 9 heteroatoms. The van der Waals surface area contributed by atoms with Crippen LogP contribution >= 0.6 is 11.6 Å². The van der Waals surface area contributed by atoms with E-state index in [0.717, 1.165) is 9.87 Å². The highest BCUT2D eigenvalue weighted by atomic mass is 35.5. The molecule has 0 saturated heterocycles. The Morgan fingerprint density at radius 2 is 1.54 bits per heavy atom. The van der Waals surface area contributed by atoms with Crippen molar-refractivity contribution >= 4 is 39.1 Å². The van der Waals surface area contributed by atoms with Crippen LogP contribution in [-0.2, 0) is 26.2 Å². The van der Waals surface area contributed by atoms with Gasteiger partial charge in [0.15, 0.2) is 0 Å². The van der Waals surface area contributed by atoms with E-state index in [0.29, 0.717) is 29.2 Å². The molecule has 0 spiro atoms. The average molecular weight is 570 g/mol. The standard InChI is InChI=1S/C30H36ClN3O4S/c1-5-28(30(36)32-19-22(2)3)33(20-24-11-9-10-14-27(24)31)29(35)21-34(25-12-7-6-8-13-25)39(37,38)26-17-15-23(4)16-18-26/h6-18,22,28H,5,19-21H2,1-4H3,(H,32,36)/t28-/m1/s1. The van der Waals surface area contributed by atoms with Gasteiger partial charge >= 0.3 is 0 Å². The van der Waals surface area contributed by atoms with Gasteiger partial charge < -0.3 is 10.2 Å². The SMILES string of the molecule is CC[C@H](C(=O)NCC(C)C)N(Cc1ccccc1Cl)C(=O)CN(c1ccccc1)S(=O)(=O)c1ccc(C)cc1. The third kappa shape index (κ3) is 7.83. The van der Waals surface area contributed by atoms with E-state index in [9.17, 15) is 18.0 Å². The Bertz CT molecular complexity index is 1360. The number of nitrogens with one attached hydrogen (secondary N) is 1.